The molecule has 1 aliphatic heterocycles. The smallest absolute Gasteiger partial charge is 0.306 e. The van der Waals surface area contributed by atoms with Gasteiger partial charge in [0, 0.05) is 31.0 Å². The van der Waals surface area contributed by atoms with Crippen LogP contribution in [0.2, 0.25) is 0 Å². The molecule has 1 aromatic carbocycles. The van der Waals surface area contributed by atoms with Gasteiger partial charge in [0.25, 0.3) is 11.7 Å². The first-order chi connectivity index (χ1) is 13.6. The molecule has 0 aromatic heterocycles. The van der Waals surface area contributed by atoms with Gasteiger partial charge in [-0.1, -0.05) is 6.42 Å². The minimum atomic E-state index is -0.514. The fraction of sp³-hybridized carbons (Fsp3) is 0.636. The number of ether oxygens (including phenoxy) is 3. The maximum absolute atomic E-state index is 12.2. The van der Waals surface area contributed by atoms with Crippen molar-refractivity contribution in [3.63, 3.8) is 0 Å². The third-order valence-corrected chi connectivity index (χ3v) is 6.86. The highest BCUT2D eigenvalue weighted by atomic mass is 16.7. The number of carbonyl (C=O) groups excluding carboxylic acids is 2. The molecule has 2 bridgehead atoms. The van der Waals surface area contributed by atoms with Crippen LogP contribution in [0.3, 0.4) is 0 Å². The Hall–Kier alpha value is -2.24. The molecule has 3 atom stereocenters. The molecule has 3 fully saturated rings. The van der Waals surface area contributed by atoms with Gasteiger partial charge in [0.1, 0.15) is 0 Å². The third-order valence-electron chi connectivity index (χ3n) is 6.86. The van der Waals surface area contributed by atoms with E-state index in [-0.39, 0.29) is 18.5 Å². The van der Waals surface area contributed by atoms with Gasteiger partial charge >= 0.3 is 5.97 Å². The highest BCUT2D eigenvalue weighted by molar-refractivity contribution is 5.93. The van der Waals surface area contributed by atoms with Crippen molar-refractivity contribution in [1.29, 1.82) is 0 Å². The molecule has 6 heteroatoms. The van der Waals surface area contributed by atoms with E-state index in [4.69, 9.17) is 14.2 Å². The van der Waals surface area contributed by atoms with Gasteiger partial charge in [0.15, 0.2) is 18.1 Å². The summed E-state index contributed by atoms with van der Waals surface area (Å²) in [4.78, 5) is 24.3. The van der Waals surface area contributed by atoms with Crippen LogP contribution in [-0.4, -0.2) is 24.3 Å². The number of anilines is 1. The minimum Gasteiger partial charge on any atom is -0.456 e. The van der Waals surface area contributed by atoms with E-state index in [9.17, 15) is 9.59 Å². The van der Waals surface area contributed by atoms with Crippen molar-refractivity contribution in [1.82, 2.24) is 0 Å². The molecule has 6 nitrogen and oxygen atoms in total. The maximum Gasteiger partial charge on any atom is 0.306 e. The molecule has 4 aliphatic rings. The highest BCUT2D eigenvalue weighted by Crippen LogP contribution is 2.49. The molecule has 0 unspecified atom stereocenters. The molecule has 1 spiro atoms. The van der Waals surface area contributed by atoms with Gasteiger partial charge in [0.05, 0.1) is 0 Å². The first-order valence-corrected chi connectivity index (χ1v) is 10.6. The zero-order chi connectivity index (χ0) is 19.1. The quantitative estimate of drug-likeness (QED) is 0.775. The fourth-order valence-corrected chi connectivity index (χ4v) is 5.53. The number of fused-ring (bicyclic) bond motifs is 3. The summed E-state index contributed by atoms with van der Waals surface area (Å²) in [5.41, 5.74) is 0.617. The normalized spacial score (nSPS) is 28.6. The van der Waals surface area contributed by atoms with E-state index in [1.165, 1.54) is 19.3 Å². The Morgan fingerprint density at radius 2 is 1.93 bits per heavy atom. The second kappa shape index (κ2) is 6.98. The Morgan fingerprint density at radius 3 is 2.68 bits per heavy atom. The van der Waals surface area contributed by atoms with E-state index >= 15 is 0 Å². The van der Waals surface area contributed by atoms with Crippen LogP contribution < -0.4 is 14.8 Å². The fourth-order valence-electron chi connectivity index (χ4n) is 5.53. The largest absolute Gasteiger partial charge is 0.456 e. The van der Waals surface area contributed by atoms with E-state index in [0.29, 0.717) is 29.7 Å². The number of rotatable bonds is 5. The van der Waals surface area contributed by atoms with Gasteiger partial charge in [-0.3, -0.25) is 9.59 Å². The molecule has 28 heavy (non-hydrogen) atoms. The average molecular weight is 385 g/mol. The molecule has 3 aliphatic carbocycles. The summed E-state index contributed by atoms with van der Waals surface area (Å²) >= 11 is 0. The lowest BCUT2D eigenvalue weighted by molar-refractivity contribution is -0.148. The van der Waals surface area contributed by atoms with Gasteiger partial charge in [-0.2, -0.15) is 0 Å². The van der Waals surface area contributed by atoms with Crippen LogP contribution in [0.25, 0.3) is 0 Å². The van der Waals surface area contributed by atoms with Gasteiger partial charge in [-0.15, -0.1) is 0 Å². The molecule has 1 N–H and O–H groups in total. The molecular formula is C22H27NO5. The Morgan fingerprint density at radius 1 is 1.11 bits per heavy atom. The first-order valence-electron chi connectivity index (χ1n) is 10.6. The average Bonchev–Trinajstić information content (AvgIpc) is 3.44. The SMILES string of the molecule is O=C(COC(=O)C[C@@H]1C[C@@H]2CC[C@@H]1C2)Nc1ccc2c(c1)OC1(CCCC1)O2. The molecular weight excluding hydrogens is 358 g/mol. The van der Waals surface area contributed by atoms with Gasteiger partial charge in [-0.05, 0) is 62.0 Å². The summed E-state index contributed by atoms with van der Waals surface area (Å²) in [5.74, 6) is 2.21. The molecule has 3 saturated carbocycles. The van der Waals surface area contributed by atoms with Crippen LogP contribution in [-0.2, 0) is 14.3 Å². The lowest BCUT2D eigenvalue weighted by atomic mass is 9.86. The van der Waals surface area contributed by atoms with E-state index < -0.39 is 5.79 Å². The van der Waals surface area contributed by atoms with Crippen molar-refractivity contribution < 1.29 is 23.8 Å². The number of esters is 1. The lowest BCUT2D eigenvalue weighted by Crippen LogP contribution is -2.34. The number of carbonyl (C=O) groups is 2. The van der Waals surface area contributed by atoms with Crippen LogP contribution in [0.15, 0.2) is 18.2 Å². The number of amides is 1. The Kier molecular flexibility index (Phi) is 4.44. The number of nitrogens with one attached hydrogen (secondary N) is 1. The Bertz CT molecular complexity index is 785. The second-order valence-electron chi connectivity index (χ2n) is 8.83. The van der Waals surface area contributed by atoms with Gasteiger partial charge in [-0.25, -0.2) is 0 Å². The van der Waals surface area contributed by atoms with Crippen molar-refractivity contribution in [2.75, 3.05) is 11.9 Å². The minimum absolute atomic E-state index is 0.252. The molecule has 1 amide bonds. The van der Waals surface area contributed by atoms with E-state index in [1.807, 2.05) is 6.07 Å². The van der Waals surface area contributed by atoms with E-state index in [2.05, 4.69) is 5.32 Å². The van der Waals surface area contributed by atoms with E-state index in [0.717, 1.165) is 43.8 Å². The van der Waals surface area contributed by atoms with Crippen LogP contribution >= 0.6 is 0 Å². The van der Waals surface area contributed by atoms with Crippen molar-refractivity contribution in [3.8, 4) is 11.5 Å². The number of hydrogen-bond donors (Lipinski definition) is 1. The Labute approximate surface area is 164 Å². The van der Waals surface area contributed by atoms with Gasteiger partial charge < -0.3 is 19.5 Å². The summed E-state index contributed by atoms with van der Waals surface area (Å²) in [6.07, 6.45) is 9.40. The van der Waals surface area contributed by atoms with Crippen molar-refractivity contribution in [2.45, 2.75) is 63.6 Å². The predicted octanol–water partition coefficient (Wildman–Crippen LogP) is 4.04. The lowest BCUT2D eigenvalue weighted by Gasteiger charge is -2.21. The molecule has 5 rings (SSSR count). The van der Waals surface area contributed by atoms with Crippen molar-refractivity contribution >= 4 is 17.6 Å². The Balaban J connectivity index is 1.10. The summed E-state index contributed by atoms with van der Waals surface area (Å²) < 4.78 is 17.2. The first kappa shape index (κ1) is 17.8. The molecule has 150 valence electrons. The number of hydrogen-bond acceptors (Lipinski definition) is 5. The monoisotopic (exact) mass is 385 g/mol. The van der Waals surface area contributed by atoms with Crippen LogP contribution in [0.5, 0.6) is 11.5 Å². The summed E-state index contributed by atoms with van der Waals surface area (Å²) in [7, 11) is 0. The standard InChI is InChI=1S/C22H27NO5/c24-20(13-26-21(25)11-16-10-14-3-4-15(16)9-14)23-17-5-6-18-19(12-17)28-22(27-18)7-1-2-8-22/h5-6,12,14-16H,1-4,7-11,13H2,(H,23,24)/t14-,15-,16+/m1/s1. The summed E-state index contributed by atoms with van der Waals surface area (Å²) in [6, 6.07) is 5.38. The van der Waals surface area contributed by atoms with Crippen molar-refractivity contribution in [2.24, 2.45) is 17.8 Å². The summed E-state index contributed by atoms with van der Waals surface area (Å²) in [6.45, 7) is -0.252. The zero-order valence-electron chi connectivity index (χ0n) is 16.1. The molecule has 0 saturated heterocycles. The predicted molar refractivity (Wildman–Crippen MR) is 102 cm³/mol. The van der Waals surface area contributed by atoms with Crippen LogP contribution in [0, 0.1) is 17.8 Å². The molecule has 1 heterocycles. The van der Waals surface area contributed by atoms with Crippen LogP contribution in [0.4, 0.5) is 5.69 Å². The third kappa shape index (κ3) is 3.45. The topological polar surface area (TPSA) is 73.9 Å². The zero-order valence-corrected chi connectivity index (χ0v) is 16.1. The molecule has 1 aromatic rings. The van der Waals surface area contributed by atoms with E-state index in [1.54, 1.807) is 12.1 Å². The van der Waals surface area contributed by atoms with Crippen molar-refractivity contribution in [3.05, 3.63) is 18.2 Å². The second-order valence-corrected chi connectivity index (χ2v) is 8.83. The van der Waals surface area contributed by atoms with Crippen LogP contribution in [0.1, 0.15) is 57.8 Å². The summed E-state index contributed by atoms with van der Waals surface area (Å²) in [5, 5.41) is 2.77. The highest BCUT2D eigenvalue weighted by Gasteiger charge is 2.44. The number of benzene rings is 1. The molecule has 0 radical (unpaired) electrons. The maximum atomic E-state index is 12.2. The van der Waals surface area contributed by atoms with Gasteiger partial charge in [0.2, 0.25) is 0 Å².